The van der Waals surface area contributed by atoms with Crippen molar-refractivity contribution in [3.05, 3.63) is 0 Å². The Morgan fingerprint density at radius 3 is 2.37 bits per heavy atom. The van der Waals surface area contributed by atoms with Crippen molar-refractivity contribution in [1.82, 2.24) is 9.80 Å². The molecule has 0 atom stereocenters. The summed E-state index contributed by atoms with van der Waals surface area (Å²) >= 11 is 0. The van der Waals surface area contributed by atoms with Crippen LogP contribution in [-0.4, -0.2) is 66.3 Å². The molecule has 0 aliphatic carbocycles. The van der Waals surface area contributed by atoms with E-state index in [1.54, 1.807) is 4.90 Å². The van der Waals surface area contributed by atoms with Gasteiger partial charge in [-0.2, -0.15) is 13.2 Å². The van der Waals surface area contributed by atoms with Crippen LogP contribution in [0.15, 0.2) is 0 Å². The van der Waals surface area contributed by atoms with Crippen molar-refractivity contribution in [2.75, 3.05) is 39.3 Å². The van der Waals surface area contributed by atoms with E-state index in [1.807, 2.05) is 6.92 Å². The van der Waals surface area contributed by atoms with Gasteiger partial charge in [0.1, 0.15) is 0 Å². The summed E-state index contributed by atoms with van der Waals surface area (Å²) in [5.41, 5.74) is 0. The molecule has 1 amide bonds. The van der Waals surface area contributed by atoms with Crippen molar-refractivity contribution >= 4 is 5.91 Å². The van der Waals surface area contributed by atoms with E-state index in [2.05, 4.69) is 0 Å². The summed E-state index contributed by atoms with van der Waals surface area (Å²) in [6.07, 6.45) is -3.27. The van der Waals surface area contributed by atoms with Gasteiger partial charge in [-0.05, 0) is 32.9 Å². The molecule has 1 fully saturated rings. The molecule has 0 unspecified atom stereocenters. The molecule has 0 saturated carbocycles. The minimum absolute atomic E-state index is 0.0526. The minimum Gasteiger partial charge on any atom is -0.395 e. The molecule has 19 heavy (non-hydrogen) atoms. The maximum Gasteiger partial charge on any atom is 0.401 e. The number of piperidine rings is 1. The number of carbonyl (C=O) groups excluding carboxylic acids is 1. The molecule has 0 spiro atoms. The van der Waals surface area contributed by atoms with Crippen molar-refractivity contribution < 1.29 is 23.1 Å². The van der Waals surface area contributed by atoms with E-state index in [0.29, 0.717) is 32.5 Å². The van der Waals surface area contributed by atoms with Crippen LogP contribution in [-0.2, 0) is 4.79 Å². The van der Waals surface area contributed by atoms with Gasteiger partial charge in [-0.1, -0.05) is 0 Å². The van der Waals surface area contributed by atoms with Crippen LogP contribution in [0.2, 0.25) is 0 Å². The maximum absolute atomic E-state index is 12.2. The van der Waals surface area contributed by atoms with Gasteiger partial charge in [-0.15, -0.1) is 0 Å². The zero-order valence-electron chi connectivity index (χ0n) is 11.1. The normalized spacial score (nSPS) is 18.6. The molecular formula is C12H21F3N2O2. The summed E-state index contributed by atoms with van der Waals surface area (Å²) in [6.45, 7) is 2.24. The zero-order valence-corrected chi connectivity index (χ0v) is 11.1. The molecule has 0 aromatic carbocycles. The van der Waals surface area contributed by atoms with Gasteiger partial charge in [0, 0.05) is 19.0 Å². The second-order valence-corrected chi connectivity index (χ2v) is 4.81. The van der Waals surface area contributed by atoms with Gasteiger partial charge in [0.25, 0.3) is 0 Å². The maximum atomic E-state index is 12.2. The average molecular weight is 282 g/mol. The highest BCUT2D eigenvalue weighted by atomic mass is 19.4. The first-order valence-electron chi connectivity index (χ1n) is 6.56. The molecule has 1 saturated heterocycles. The van der Waals surface area contributed by atoms with E-state index in [0.717, 1.165) is 0 Å². The molecule has 1 aliphatic rings. The lowest BCUT2D eigenvalue weighted by Crippen LogP contribution is -2.45. The fourth-order valence-electron chi connectivity index (χ4n) is 2.39. The summed E-state index contributed by atoms with van der Waals surface area (Å²) in [4.78, 5) is 15.0. The second kappa shape index (κ2) is 7.09. The van der Waals surface area contributed by atoms with Crippen LogP contribution in [0.1, 0.15) is 19.8 Å². The quantitative estimate of drug-likeness (QED) is 0.821. The molecule has 1 aliphatic heterocycles. The third-order valence-corrected chi connectivity index (χ3v) is 3.40. The van der Waals surface area contributed by atoms with Gasteiger partial charge in [-0.25, -0.2) is 0 Å². The first-order chi connectivity index (χ1) is 8.87. The molecule has 7 heteroatoms. The smallest absolute Gasteiger partial charge is 0.395 e. The summed E-state index contributed by atoms with van der Waals surface area (Å²) in [7, 11) is 0. The number of carbonyl (C=O) groups is 1. The number of aliphatic hydroxyl groups is 1. The fourth-order valence-corrected chi connectivity index (χ4v) is 2.39. The van der Waals surface area contributed by atoms with Crippen LogP contribution in [0.25, 0.3) is 0 Å². The third kappa shape index (κ3) is 5.36. The Hall–Kier alpha value is -0.820. The van der Waals surface area contributed by atoms with Gasteiger partial charge in [0.2, 0.25) is 5.91 Å². The summed E-state index contributed by atoms with van der Waals surface area (Å²) in [5, 5.41) is 8.86. The van der Waals surface area contributed by atoms with Crippen LogP contribution in [0.5, 0.6) is 0 Å². The summed E-state index contributed by atoms with van der Waals surface area (Å²) < 4.78 is 36.7. The SMILES string of the molecule is CCN(CCO)C(=O)C1CCN(CC(F)(F)F)CC1. The van der Waals surface area contributed by atoms with Crippen LogP contribution in [0.4, 0.5) is 13.2 Å². The number of halogens is 3. The number of aliphatic hydroxyl groups excluding tert-OH is 1. The number of hydrogen-bond donors (Lipinski definition) is 1. The molecule has 112 valence electrons. The molecule has 1 heterocycles. The predicted molar refractivity (Wildman–Crippen MR) is 64.6 cm³/mol. The molecule has 0 bridgehead atoms. The lowest BCUT2D eigenvalue weighted by atomic mass is 9.95. The van der Waals surface area contributed by atoms with E-state index in [1.165, 1.54) is 4.90 Å². The molecule has 1 N–H and O–H groups in total. The Labute approximate surface area is 111 Å². The van der Waals surface area contributed by atoms with E-state index >= 15 is 0 Å². The van der Waals surface area contributed by atoms with E-state index in [9.17, 15) is 18.0 Å². The fraction of sp³-hybridized carbons (Fsp3) is 0.917. The van der Waals surface area contributed by atoms with E-state index in [-0.39, 0.29) is 25.0 Å². The number of hydrogen-bond acceptors (Lipinski definition) is 3. The van der Waals surface area contributed by atoms with Gasteiger partial charge in [0.15, 0.2) is 0 Å². The topological polar surface area (TPSA) is 43.8 Å². The Morgan fingerprint density at radius 1 is 1.37 bits per heavy atom. The van der Waals surface area contributed by atoms with Crippen LogP contribution in [0.3, 0.4) is 0 Å². The first-order valence-corrected chi connectivity index (χ1v) is 6.56. The van der Waals surface area contributed by atoms with Gasteiger partial charge >= 0.3 is 6.18 Å². The predicted octanol–water partition coefficient (Wildman–Crippen LogP) is 1.10. The number of rotatable bonds is 5. The molecule has 0 radical (unpaired) electrons. The number of alkyl halides is 3. The van der Waals surface area contributed by atoms with Crippen molar-refractivity contribution in [1.29, 1.82) is 0 Å². The molecule has 1 rings (SSSR count). The van der Waals surface area contributed by atoms with Crippen molar-refractivity contribution in [2.24, 2.45) is 5.92 Å². The Balaban J connectivity index is 2.42. The monoisotopic (exact) mass is 282 g/mol. The number of amides is 1. The Kier molecular flexibility index (Phi) is 6.06. The van der Waals surface area contributed by atoms with E-state index in [4.69, 9.17) is 5.11 Å². The van der Waals surface area contributed by atoms with Crippen molar-refractivity contribution in [3.8, 4) is 0 Å². The average Bonchev–Trinajstić information content (AvgIpc) is 2.34. The second-order valence-electron chi connectivity index (χ2n) is 4.81. The highest BCUT2D eigenvalue weighted by Crippen LogP contribution is 2.23. The van der Waals surface area contributed by atoms with Gasteiger partial charge in [0.05, 0.1) is 13.2 Å². The molecule has 0 aromatic rings. The molecular weight excluding hydrogens is 261 g/mol. The molecule has 4 nitrogen and oxygen atoms in total. The summed E-state index contributed by atoms with van der Waals surface area (Å²) in [5.74, 6) is -0.265. The number of likely N-dealkylation sites (N-methyl/N-ethyl adjacent to an activating group) is 1. The minimum atomic E-state index is -4.18. The number of likely N-dealkylation sites (tertiary alicyclic amines) is 1. The van der Waals surface area contributed by atoms with Crippen molar-refractivity contribution in [3.63, 3.8) is 0 Å². The molecule has 0 aromatic heterocycles. The van der Waals surface area contributed by atoms with Gasteiger partial charge in [-0.3, -0.25) is 9.69 Å². The summed E-state index contributed by atoms with van der Waals surface area (Å²) in [6, 6.07) is 0. The Morgan fingerprint density at radius 2 is 1.95 bits per heavy atom. The highest BCUT2D eigenvalue weighted by molar-refractivity contribution is 5.78. The van der Waals surface area contributed by atoms with Crippen LogP contribution in [0, 0.1) is 5.92 Å². The Bertz CT molecular complexity index is 289. The van der Waals surface area contributed by atoms with E-state index < -0.39 is 12.7 Å². The lowest BCUT2D eigenvalue weighted by molar-refractivity contribution is -0.151. The number of nitrogens with zero attached hydrogens (tertiary/aromatic N) is 2. The van der Waals surface area contributed by atoms with Crippen LogP contribution >= 0.6 is 0 Å². The van der Waals surface area contributed by atoms with Crippen LogP contribution < -0.4 is 0 Å². The largest absolute Gasteiger partial charge is 0.401 e. The third-order valence-electron chi connectivity index (χ3n) is 3.40. The highest BCUT2D eigenvalue weighted by Gasteiger charge is 2.34. The van der Waals surface area contributed by atoms with Crippen molar-refractivity contribution in [2.45, 2.75) is 25.9 Å². The zero-order chi connectivity index (χ0) is 14.5. The van der Waals surface area contributed by atoms with Gasteiger partial charge < -0.3 is 10.0 Å². The standard InChI is InChI=1S/C12H21F3N2O2/c1-2-17(7-8-18)11(19)10-3-5-16(6-4-10)9-12(13,14)15/h10,18H,2-9H2,1H3. The lowest BCUT2D eigenvalue weighted by Gasteiger charge is -2.34. The first kappa shape index (κ1) is 16.2.